The van der Waals surface area contributed by atoms with Crippen LogP contribution in [0, 0.1) is 11.8 Å². The van der Waals surface area contributed by atoms with Crippen molar-refractivity contribution in [2.24, 2.45) is 11.8 Å². The first kappa shape index (κ1) is 14.3. The Labute approximate surface area is 125 Å². The summed E-state index contributed by atoms with van der Waals surface area (Å²) in [4.78, 5) is 34.4. The molecule has 0 spiro atoms. The number of hydrogen-bond donors (Lipinski definition) is 3. The molecule has 1 aromatic carbocycles. The number of benzene rings is 1. The lowest BCUT2D eigenvalue weighted by atomic mass is 9.82. The molecule has 0 radical (unpaired) electrons. The zero-order valence-electron chi connectivity index (χ0n) is 11.3. The molecule has 2 heterocycles. The largest absolute Gasteiger partial charge is 0.481 e. The second kappa shape index (κ2) is 5.27. The Bertz CT molecular complexity index is 665. The molecule has 0 aliphatic carbocycles. The third-order valence-electron chi connectivity index (χ3n) is 3.89. The minimum atomic E-state index is -1.07. The van der Waals surface area contributed by atoms with Crippen LogP contribution in [0.4, 0.5) is 5.69 Å². The second-order valence-electron chi connectivity index (χ2n) is 5.21. The van der Waals surface area contributed by atoms with Gasteiger partial charge in [-0.1, -0.05) is 12.2 Å². The highest BCUT2D eigenvalue weighted by molar-refractivity contribution is 5.97. The summed E-state index contributed by atoms with van der Waals surface area (Å²) in [5.41, 5.74) is 0.512. The van der Waals surface area contributed by atoms with Gasteiger partial charge < -0.3 is 20.3 Å². The number of aliphatic carboxylic acids is 1. The third kappa shape index (κ3) is 2.35. The molecule has 1 amide bonds. The average molecular weight is 303 g/mol. The number of carboxylic acid groups (broad SMARTS) is 2. The summed E-state index contributed by atoms with van der Waals surface area (Å²) in [6.07, 6.45) is 2.24. The number of rotatable bonds is 4. The van der Waals surface area contributed by atoms with Gasteiger partial charge in [0.25, 0.3) is 0 Å². The van der Waals surface area contributed by atoms with Gasteiger partial charge in [0.1, 0.15) is 5.92 Å². The molecule has 114 valence electrons. The number of carbonyl (C=O) groups excluding carboxylic acids is 1. The van der Waals surface area contributed by atoms with Gasteiger partial charge in [0.2, 0.25) is 5.91 Å². The van der Waals surface area contributed by atoms with Gasteiger partial charge in [0.15, 0.2) is 0 Å². The lowest BCUT2D eigenvalue weighted by Gasteiger charge is -2.21. The van der Waals surface area contributed by atoms with E-state index in [2.05, 4.69) is 5.32 Å². The van der Waals surface area contributed by atoms with Crippen molar-refractivity contribution in [3.8, 4) is 0 Å². The quantitative estimate of drug-likeness (QED) is 0.715. The fraction of sp³-hybridized carbons (Fsp3) is 0.267. The summed E-state index contributed by atoms with van der Waals surface area (Å²) in [5.74, 6) is -4.29. The molecule has 1 fully saturated rings. The summed E-state index contributed by atoms with van der Waals surface area (Å²) in [7, 11) is 0. The number of ether oxygens (including phenoxy) is 1. The van der Waals surface area contributed by atoms with Gasteiger partial charge in [-0.15, -0.1) is 0 Å². The van der Waals surface area contributed by atoms with Gasteiger partial charge in [0, 0.05) is 5.69 Å². The normalized spacial score (nSPS) is 28.5. The Morgan fingerprint density at radius 3 is 2.09 bits per heavy atom. The molecule has 0 aromatic heterocycles. The van der Waals surface area contributed by atoms with Crippen LogP contribution in [0.3, 0.4) is 0 Å². The van der Waals surface area contributed by atoms with E-state index in [1.165, 1.54) is 24.3 Å². The van der Waals surface area contributed by atoms with Gasteiger partial charge in [-0.25, -0.2) is 4.79 Å². The van der Waals surface area contributed by atoms with Gasteiger partial charge in [-0.3, -0.25) is 9.59 Å². The first-order valence-corrected chi connectivity index (χ1v) is 6.68. The maximum atomic E-state index is 12.3. The van der Waals surface area contributed by atoms with E-state index in [1.807, 2.05) is 0 Å². The Morgan fingerprint density at radius 2 is 1.55 bits per heavy atom. The van der Waals surface area contributed by atoms with Crippen LogP contribution in [0.1, 0.15) is 10.4 Å². The maximum Gasteiger partial charge on any atom is 0.335 e. The fourth-order valence-electron chi connectivity index (χ4n) is 2.84. The van der Waals surface area contributed by atoms with Crippen molar-refractivity contribution in [3.63, 3.8) is 0 Å². The second-order valence-corrected chi connectivity index (χ2v) is 5.21. The maximum absolute atomic E-state index is 12.3. The molecule has 4 atom stereocenters. The van der Waals surface area contributed by atoms with Crippen molar-refractivity contribution in [3.05, 3.63) is 42.0 Å². The summed E-state index contributed by atoms with van der Waals surface area (Å²) in [6.45, 7) is 0. The highest BCUT2D eigenvalue weighted by Crippen LogP contribution is 2.39. The molecule has 1 saturated heterocycles. The zero-order valence-corrected chi connectivity index (χ0v) is 11.3. The van der Waals surface area contributed by atoms with Gasteiger partial charge in [-0.05, 0) is 24.3 Å². The Morgan fingerprint density at radius 1 is 0.955 bits per heavy atom. The van der Waals surface area contributed by atoms with E-state index in [1.54, 1.807) is 12.2 Å². The Hall–Kier alpha value is -2.67. The number of carboxylic acids is 2. The van der Waals surface area contributed by atoms with Gasteiger partial charge in [-0.2, -0.15) is 0 Å². The minimum absolute atomic E-state index is 0.104. The molecule has 0 saturated carbocycles. The lowest BCUT2D eigenvalue weighted by Crippen LogP contribution is -2.39. The predicted octanol–water partition coefficient (Wildman–Crippen LogP) is 0.977. The van der Waals surface area contributed by atoms with E-state index >= 15 is 0 Å². The molecule has 7 nitrogen and oxygen atoms in total. The van der Waals surface area contributed by atoms with E-state index < -0.39 is 41.9 Å². The Kier molecular flexibility index (Phi) is 3.42. The van der Waals surface area contributed by atoms with Crippen molar-refractivity contribution < 1.29 is 29.3 Å². The topological polar surface area (TPSA) is 113 Å². The molecule has 0 unspecified atom stereocenters. The molecule has 2 aliphatic heterocycles. The summed E-state index contributed by atoms with van der Waals surface area (Å²) < 4.78 is 5.44. The smallest absolute Gasteiger partial charge is 0.335 e. The summed E-state index contributed by atoms with van der Waals surface area (Å²) in [6, 6.07) is 5.65. The molecule has 1 aromatic rings. The van der Waals surface area contributed by atoms with E-state index in [9.17, 15) is 19.5 Å². The molecule has 2 bridgehead atoms. The van der Waals surface area contributed by atoms with Crippen LogP contribution >= 0.6 is 0 Å². The van der Waals surface area contributed by atoms with E-state index in [0.29, 0.717) is 5.69 Å². The molecular formula is C15H13NO6. The molecule has 3 rings (SSSR count). The first-order chi connectivity index (χ1) is 10.5. The number of fused-ring (bicyclic) bond motifs is 2. The lowest BCUT2D eigenvalue weighted by molar-refractivity contribution is -0.145. The SMILES string of the molecule is O=C(O)c1ccc(NC(=O)[C@@H]2[C@@H](C(=O)O)[C@@H]3C=C[C@H]2O3)cc1. The van der Waals surface area contributed by atoms with E-state index in [4.69, 9.17) is 9.84 Å². The predicted molar refractivity (Wildman–Crippen MR) is 74.4 cm³/mol. The van der Waals surface area contributed by atoms with Gasteiger partial charge in [0.05, 0.1) is 23.7 Å². The average Bonchev–Trinajstić information content (AvgIpc) is 3.08. The van der Waals surface area contributed by atoms with Crippen LogP contribution in [0.25, 0.3) is 0 Å². The zero-order chi connectivity index (χ0) is 15.9. The minimum Gasteiger partial charge on any atom is -0.481 e. The first-order valence-electron chi connectivity index (χ1n) is 6.68. The number of carbonyl (C=O) groups is 3. The number of aromatic carboxylic acids is 1. The fourth-order valence-corrected chi connectivity index (χ4v) is 2.84. The van der Waals surface area contributed by atoms with Crippen LogP contribution in [0.5, 0.6) is 0 Å². The molecule has 7 heteroatoms. The third-order valence-corrected chi connectivity index (χ3v) is 3.89. The summed E-state index contributed by atoms with van der Waals surface area (Å²) in [5, 5.41) is 20.7. The van der Waals surface area contributed by atoms with Crippen LogP contribution in [0.2, 0.25) is 0 Å². The van der Waals surface area contributed by atoms with Crippen molar-refractivity contribution in [2.45, 2.75) is 12.2 Å². The Balaban J connectivity index is 1.75. The van der Waals surface area contributed by atoms with Gasteiger partial charge >= 0.3 is 11.9 Å². The number of hydrogen-bond acceptors (Lipinski definition) is 4. The van der Waals surface area contributed by atoms with Crippen molar-refractivity contribution >= 4 is 23.5 Å². The number of nitrogens with one attached hydrogen (secondary N) is 1. The van der Waals surface area contributed by atoms with Crippen molar-refractivity contribution in [1.82, 2.24) is 0 Å². The van der Waals surface area contributed by atoms with Crippen LogP contribution < -0.4 is 5.32 Å². The highest BCUT2D eigenvalue weighted by Gasteiger charge is 2.53. The molecule has 3 N–H and O–H groups in total. The highest BCUT2D eigenvalue weighted by atomic mass is 16.5. The van der Waals surface area contributed by atoms with E-state index in [-0.39, 0.29) is 5.56 Å². The van der Waals surface area contributed by atoms with E-state index in [0.717, 1.165) is 0 Å². The standard InChI is InChI=1S/C15H13NO6/c17-13(16-8-3-1-7(2-4-8)14(18)19)11-9-5-6-10(22-9)12(11)15(20)21/h1-6,9-12H,(H,16,17)(H,18,19)(H,20,21)/t9-,10+,11+,12+/m1/s1. The molecule has 2 aliphatic rings. The van der Waals surface area contributed by atoms with Crippen molar-refractivity contribution in [2.75, 3.05) is 5.32 Å². The van der Waals surface area contributed by atoms with Crippen LogP contribution in [-0.2, 0) is 14.3 Å². The molecule has 22 heavy (non-hydrogen) atoms. The van der Waals surface area contributed by atoms with Crippen molar-refractivity contribution in [1.29, 1.82) is 0 Å². The number of anilines is 1. The summed E-state index contributed by atoms with van der Waals surface area (Å²) >= 11 is 0. The molecular weight excluding hydrogens is 290 g/mol. The number of amides is 1. The van der Waals surface area contributed by atoms with Crippen LogP contribution in [0.15, 0.2) is 36.4 Å². The monoisotopic (exact) mass is 303 g/mol. The van der Waals surface area contributed by atoms with Crippen LogP contribution in [-0.4, -0.2) is 40.3 Å².